The van der Waals surface area contributed by atoms with E-state index in [2.05, 4.69) is 65.9 Å². The van der Waals surface area contributed by atoms with Crippen LogP contribution in [0.5, 0.6) is 0 Å². The van der Waals surface area contributed by atoms with E-state index in [1.807, 2.05) is 6.07 Å². The van der Waals surface area contributed by atoms with Crippen molar-refractivity contribution < 1.29 is 4.79 Å². The number of nitrogens with zero attached hydrogens (tertiary/aromatic N) is 4. The van der Waals surface area contributed by atoms with Gasteiger partial charge in [0.15, 0.2) is 0 Å². The molecule has 32 heavy (non-hydrogen) atoms. The summed E-state index contributed by atoms with van der Waals surface area (Å²) in [6.07, 6.45) is 6.22. The molecule has 8 heteroatoms. The summed E-state index contributed by atoms with van der Waals surface area (Å²) in [4.78, 5) is 31.6. The second kappa shape index (κ2) is 8.61. The van der Waals surface area contributed by atoms with E-state index < -0.39 is 0 Å². The van der Waals surface area contributed by atoms with Crippen molar-refractivity contribution in [2.24, 2.45) is 23.2 Å². The Bertz CT molecular complexity index is 1060. The van der Waals surface area contributed by atoms with E-state index in [0.29, 0.717) is 41.0 Å². The first-order chi connectivity index (χ1) is 15.1. The molecule has 0 aromatic carbocycles. The summed E-state index contributed by atoms with van der Waals surface area (Å²) in [5.41, 5.74) is 2.82. The van der Waals surface area contributed by atoms with E-state index in [1.54, 1.807) is 23.5 Å². The normalized spacial score (nSPS) is 26.6. The molecule has 1 fully saturated rings. The van der Waals surface area contributed by atoms with Crippen LogP contribution in [0.1, 0.15) is 52.2 Å². The monoisotopic (exact) mass is 501 g/mol. The van der Waals surface area contributed by atoms with Crippen LogP contribution in [0, 0.1) is 23.2 Å². The molecule has 1 aliphatic carbocycles. The Balaban J connectivity index is 1.46. The summed E-state index contributed by atoms with van der Waals surface area (Å²) in [7, 11) is 0. The van der Waals surface area contributed by atoms with Gasteiger partial charge in [0, 0.05) is 31.5 Å². The first kappa shape index (κ1) is 23.0. The van der Waals surface area contributed by atoms with Gasteiger partial charge >= 0.3 is 0 Å². The van der Waals surface area contributed by atoms with Crippen LogP contribution < -0.4 is 10.9 Å². The van der Waals surface area contributed by atoms with Gasteiger partial charge in [-0.3, -0.25) is 14.6 Å². The molecule has 0 spiro atoms. The predicted octanol–water partition coefficient (Wildman–Crippen LogP) is 4.06. The van der Waals surface area contributed by atoms with Crippen LogP contribution in [0.15, 0.2) is 33.9 Å². The maximum absolute atomic E-state index is 12.9. The third kappa shape index (κ3) is 4.09. The number of anilines is 1. The molecule has 172 valence electrons. The Labute approximate surface area is 197 Å². The van der Waals surface area contributed by atoms with Crippen molar-refractivity contribution in [1.29, 1.82) is 0 Å². The number of nitrogens with one attached hydrogen (secondary N) is 1. The average molecular weight is 502 g/mol. The van der Waals surface area contributed by atoms with Crippen molar-refractivity contribution in [2.45, 2.75) is 66.7 Å². The molecule has 2 aromatic heterocycles. The van der Waals surface area contributed by atoms with Gasteiger partial charge in [-0.1, -0.05) is 34.6 Å². The number of carbonyl (C=O) groups excluding carboxylic acids is 1. The van der Waals surface area contributed by atoms with E-state index in [0.717, 1.165) is 17.5 Å². The van der Waals surface area contributed by atoms with Crippen LogP contribution in [0.3, 0.4) is 0 Å². The van der Waals surface area contributed by atoms with Gasteiger partial charge in [-0.25, -0.2) is 4.68 Å². The molecular formula is C24H32BrN5O2. The summed E-state index contributed by atoms with van der Waals surface area (Å²) in [6.45, 7) is 12.6. The highest BCUT2D eigenvalue weighted by Crippen LogP contribution is 2.48. The molecule has 1 saturated carbocycles. The van der Waals surface area contributed by atoms with E-state index in [1.165, 1.54) is 4.68 Å². The lowest BCUT2D eigenvalue weighted by Crippen LogP contribution is -2.48. The fraction of sp³-hybridized carbons (Fsp3) is 0.583. The summed E-state index contributed by atoms with van der Waals surface area (Å²) < 4.78 is 1.66. The van der Waals surface area contributed by atoms with Crippen LogP contribution in [0.2, 0.25) is 0 Å². The maximum atomic E-state index is 12.9. The highest BCUT2D eigenvalue weighted by molar-refractivity contribution is 9.10. The van der Waals surface area contributed by atoms with Gasteiger partial charge in [0.05, 0.1) is 11.9 Å². The standard InChI is InChI=1S/C24H32BrN5O2/c1-14-8-19(15(2)16(3)24(14,4)5)28-20-10-27-30(23(32)22(20)25)13-21(31)29-11-17-6-7-26-9-18(17)12-29/h6-7,9-10,14-16,19,28H,8,11-13H2,1-5H3/t14-,15+,16+,19+/m0/s1. The SMILES string of the molecule is C[C@@H]1[C@@H](C)C(C)(C)[C@@H](C)C[C@H]1Nc1cnn(CC(=O)N2Cc3ccncc3C2)c(=O)c1Br. The molecule has 0 unspecified atom stereocenters. The molecule has 4 rings (SSSR count). The van der Waals surface area contributed by atoms with Crippen molar-refractivity contribution in [2.75, 3.05) is 5.32 Å². The zero-order valence-electron chi connectivity index (χ0n) is 19.4. The lowest BCUT2D eigenvalue weighted by atomic mass is 9.58. The molecule has 1 N–H and O–H groups in total. The van der Waals surface area contributed by atoms with Gasteiger partial charge < -0.3 is 10.2 Å². The van der Waals surface area contributed by atoms with Crippen LogP contribution in [-0.2, 0) is 24.4 Å². The Morgan fingerprint density at radius 1 is 1.22 bits per heavy atom. The predicted molar refractivity (Wildman–Crippen MR) is 128 cm³/mol. The van der Waals surface area contributed by atoms with Gasteiger partial charge in [0.25, 0.3) is 5.56 Å². The molecule has 1 aliphatic heterocycles. The average Bonchev–Trinajstić information content (AvgIpc) is 3.20. The first-order valence-electron chi connectivity index (χ1n) is 11.3. The molecule has 0 saturated heterocycles. The van der Waals surface area contributed by atoms with E-state index in [4.69, 9.17) is 0 Å². The van der Waals surface area contributed by atoms with Gasteiger partial charge in [-0.2, -0.15) is 5.10 Å². The highest BCUT2D eigenvalue weighted by atomic mass is 79.9. The Morgan fingerprint density at radius 3 is 2.66 bits per heavy atom. The molecule has 2 aromatic rings. The van der Waals surface area contributed by atoms with E-state index >= 15 is 0 Å². The number of amides is 1. The summed E-state index contributed by atoms with van der Waals surface area (Å²) >= 11 is 3.46. The Kier molecular flexibility index (Phi) is 6.18. The minimum atomic E-state index is -0.299. The number of rotatable bonds is 4. The van der Waals surface area contributed by atoms with Crippen molar-refractivity contribution in [3.05, 3.63) is 50.6 Å². The minimum absolute atomic E-state index is 0.0821. The third-order valence-corrected chi connectivity index (χ3v) is 8.93. The second-order valence-corrected chi connectivity index (χ2v) is 10.9. The van der Waals surface area contributed by atoms with E-state index in [-0.39, 0.29) is 29.5 Å². The van der Waals surface area contributed by atoms with Gasteiger partial charge in [0.1, 0.15) is 11.0 Å². The molecular weight excluding hydrogens is 470 g/mol. The lowest BCUT2D eigenvalue weighted by Gasteiger charge is -2.50. The van der Waals surface area contributed by atoms with Gasteiger partial charge in [-0.05, 0) is 62.7 Å². The number of pyridine rings is 1. The minimum Gasteiger partial charge on any atom is -0.380 e. The van der Waals surface area contributed by atoms with Crippen LogP contribution in [0.4, 0.5) is 5.69 Å². The lowest BCUT2D eigenvalue weighted by molar-refractivity contribution is -0.132. The largest absolute Gasteiger partial charge is 0.380 e. The quantitative estimate of drug-likeness (QED) is 0.682. The summed E-state index contributed by atoms with van der Waals surface area (Å²) in [6, 6.07) is 2.19. The Morgan fingerprint density at radius 2 is 1.94 bits per heavy atom. The second-order valence-electron chi connectivity index (χ2n) is 10.1. The smallest absolute Gasteiger partial charge is 0.283 e. The number of halogens is 1. The molecule has 1 amide bonds. The van der Waals surface area contributed by atoms with Crippen molar-refractivity contribution in [3.8, 4) is 0 Å². The zero-order valence-corrected chi connectivity index (χ0v) is 21.0. The van der Waals surface area contributed by atoms with Gasteiger partial charge in [-0.15, -0.1) is 0 Å². The fourth-order valence-corrected chi connectivity index (χ4v) is 5.49. The van der Waals surface area contributed by atoms with Crippen molar-refractivity contribution >= 4 is 27.5 Å². The number of aromatic nitrogens is 3. The maximum Gasteiger partial charge on any atom is 0.283 e. The van der Waals surface area contributed by atoms with Crippen LogP contribution in [-0.4, -0.2) is 31.6 Å². The van der Waals surface area contributed by atoms with Crippen LogP contribution in [0.25, 0.3) is 0 Å². The van der Waals surface area contributed by atoms with Crippen LogP contribution >= 0.6 is 15.9 Å². The molecule has 0 radical (unpaired) electrons. The molecule has 3 heterocycles. The number of fused-ring (bicyclic) bond motifs is 1. The summed E-state index contributed by atoms with van der Waals surface area (Å²) in [5.74, 6) is 1.45. The summed E-state index contributed by atoms with van der Waals surface area (Å²) in [5, 5.41) is 7.87. The third-order valence-electron chi connectivity index (χ3n) is 8.17. The topological polar surface area (TPSA) is 80.1 Å². The Hall–Kier alpha value is -2.22. The zero-order chi connectivity index (χ0) is 23.2. The number of hydrogen-bond acceptors (Lipinski definition) is 5. The fourth-order valence-electron chi connectivity index (χ4n) is 5.07. The molecule has 4 atom stereocenters. The number of hydrogen-bond donors (Lipinski definition) is 1. The first-order valence-corrected chi connectivity index (χ1v) is 12.1. The van der Waals surface area contributed by atoms with Crippen molar-refractivity contribution in [3.63, 3.8) is 0 Å². The molecule has 2 aliphatic rings. The van der Waals surface area contributed by atoms with Crippen molar-refractivity contribution in [1.82, 2.24) is 19.7 Å². The number of carbonyl (C=O) groups is 1. The highest BCUT2D eigenvalue weighted by Gasteiger charge is 2.43. The molecule has 0 bridgehead atoms. The molecule has 7 nitrogen and oxygen atoms in total. The van der Waals surface area contributed by atoms with E-state index in [9.17, 15) is 9.59 Å². The van der Waals surface area contributed by atoms with Gasteiger partial charge in [0.2, 0.25) is 5.91 Å².